The van der Waals surface area contributed by atoms with E-state index in [9.17, 15) is 35.5 Å². The molecule has 0 saturated carbocycles. The van der Waals surface area contributed by atoms with Crippen molar-refractivity contribution in [3.05, 3.63) is 46.3 Å². The predicted molar refractivity (Wildman–Crippen MR) is 81.1 cm³/mol. The van der Waals surface area contributed by atoms with Gasteiger partial charge in [-0.25, -0.2) is 17.6 Å². The third-order valence-corrected chi connectivity index (χ3v) is 3.67. The standard InChI is InChI=1S/C16H14F7N3O/c1-15(2,3)7-5-6(26(4)25-7)14(27)24-13-11(19)9(17)8(16(21,22)23)10(18)12(13)20/h5H,1-4H3,(H,24,27). The zero-order chi connectivity index (χ0) is 20.9. The highest BCUT2D eigenvalue weighted by Crippen LogP contribution is 2.38. The lowest BCUT2D eigenvalue weighted by atomic mass is 9.92. The maximum atomic E-state index is 13.9. The number of benzene rings is 1. The van der Waals surface area contributed by atoms with Crippen molar-refractivity contribution < 1.29 is 35.5 Å². The molecule has 2 aromatic rings. The zero-order valence-electron chi connectivity index (χ0n) is 14.5. The molecule has 1 N–H and O–H groups in total. The van der Waals surface area contributed by atoms with Crippen LogP contribution < -0.4 is 5.32 Å². The summed E-state index contributed by atoms with van der Waals surface area (Å²) >= 11 is 0. The van der Waals surface area contributed by atoms with Crippen molar-refractivity contribution in [2.24, 2.45) is 7.05 Å². The molecule has 0 aliphatic carbocycles. The molecule has 0 radical (unpaired) electrons. The number of halogens is 7. The van der Waals surface area contributed by atoms with Crippen LogP contribution in [-0.4, -0.2) is 15.7 Å². The number of carbonyl (C=O) groups excluding carboxylic acids is 1. The fraction of sp³-hybridized carbons (Fsp3) is 0.375. The van der Waals surface area contributed by atoms with Crippen molar-refractivity contribution in [2.75, 3.05) is 5.32 Å². The number of carbonyl (C=O) groups is 1. The Labute approximate surface area is 149 Å². The number of alkyl halides is 3. The van der Waals surface area contributed by atoms with Crippen LogP contribution in [-0.2, 0) is 18.6 Å². The number of nitrogens with one attached hydrogen (secondary N) is 1. The highest BCUT2D eigenvalue weighted by molar-refractivity contribution is 6.03. The number of nitrogens with zero attached hydrogens (tertiary/aromatic N) is 2. The zero-order valence-corrected chi connectivity index (χ0v) is 14.5. The summed E-state index contributed by atoms with van der Waals surface area (Å²) in [4.78, 5) is 12.2. The van der Waals surface area contributed by atoms with E-state index in [4.69, 9.17) is 0 Å². The van der Waals surface area contributed by atoms with Gasteiger partial charge in [-0.05, 0) is 6.07 Å². The quantitative estimate of drug-likeness (QED) is 0.597. The van der Waals surface area contributed by atoms with Crippen LogP contribution in [0.4, 0.5) is 36.4 Å². The van der Waals surface area contributed by atoms with Gasteiger partial charge in [-0.15, -0.1) is 0 Å². The Morgan fingerprint density at radius 1 is 1.00 bits per heavy atom. The molecular weight excluding hydrogens is 383 g/mol. The van der Waals surface area contributed by atoms with Gasteiger partial charge in [0.25, 0.3) is 5.91 Å². The smallest absolute Gasteiger partial charge is 0.316 e. The van der Waals surface area contributed by atoms with Gasteiger partial charge in [0.2, 0.25) is 0 Å². The van der Waals surface area contributed by atoms with Gasteiger partial charge in [0.15, 0.2) is 23.3 Å². The molecule has 1 aromatic heterocycles. The van der Waals surface area contributed by atoms with Crippen LogP contribution in [0.3, 0.4) is 0 Å². The fourth-order valence-electron chi connectivity index (χ4n) is 2.21. The molecule has 0 atom stereocenters. The van der Waals surface area contributed by atoms with Crippen molar-refractivity contribution in [1.29, 1.82) is 0 Å². The fourth-order valence-corrected chi connectivity index (χ4v) is 2.21. The lowest BCUT2D eigenvalue weighted by molar-refractivity contribution is -0.143. The molecule has 0 spiro atoms. The molecule has 2 rings (SSSR count). The summed E-state index contributed by atoms with van der Waals surface area (Å²) in [6.07, 6.45) is -5.66. The Morgan fingerprint density at radius 3 is 1.85 bits per heavy atom. The summed E-state index contributed by atoms with van der Waals surface area (Å²) in [6, 6.07) is 1.28. The molecule has 148 valence electrons. The molecule has 27 heavy (non-hydrogen) atoms. The highest BCUT2D eigenvalue weighted by atomic mass is 19.4. The summed E-state index contributed by atoms with van der Waals surface area (Å²) < 4.78 is 93.8. The van der Waals surface area contributed by atoms with E-state index in [0.29, 0.717) is 5.69 Å². The number of hydrogen-bond acceptors (Lipinski definition) is 2. The Balaban J connectivity index is 2.50. The second-order valence-electron chi connectivity index (χ2n) is 6.75. The van der Waals surface area contributed by atoms with E-state index in [0.717, 1.165) is 4.68 Å². The second-order valence-corrected chi connectivity index (χ2v) is 6.75. The summed E-state index contributed by atoms with van der Waals surface area (Å²) in [5, 5.41) is 5.61. The topological polar surface area (TPSA) is 46.9 Å². The minimum atomic E-state index is -5.66. The predicted octanol–water partition coefficient (Wildman–Crippen LogP) is 4.55. The van der Waals surface area contributed by atoms with E-state index >= 15 is 0 Å². The van der Waals surface area contributed by atoms with Crippen LogP contribution in [0.25, 0.3) is 0 Å². The van der Waals surface area contributed by atoms with Gasteiger partial charge in [0, 0.05) is 12.5 Å². The average molecular weight is 397 g/mol. The first-order valence-electron chi connectivity index (χ1n) is 7.45. The molecular formula is C16H14F7N3O. The molecule has 1 aromatic carbocycles. The van der Waals surface area contributed by atoms with Gasteiger partial charge in [-0.1, -0.05) is 20.8 Å². The van der Waals surface area contributed by atoms with Crippen LogP contribution >= 0.6 is 0 Å². The monoisotopic (exact) mass is 397 g/mol. The van der Waals surface area contributed by atoms with Crippen LogP contribution in [0.5, 0.6) is 0 Å². The summed E-state index contributed by atoms with van der Waals surface area (Å²) in [6.45, 7) is 5.32. The maximum absolute atomic E-state index is 13.9. The molecule has 11 heteroatoms. The summed E-state index contributed by atoms with van der Waals surface area (Å²) in [5.41, 5.74) is -4.66. The number of aryl methyl sites for hydroxylation is 1. The molecule has 0 aliphatic heterocycles. The molecule has 0 aliphatic rings. The highest BCUT2D eigenvalue weighted by Gasteiger charge is 2.42. The van der Waals surface area contributed by atoms with E-state index in [1.807, 2.05) is 0 Å². The molecule has 1 amide bonds. The molecule has 0 bridgehead atoms. The SMILES string of the molecule is Cn1nc(C(C)(C)C)cc1C(=O)Nc1c(F)c(F)c(C(F)(F)F)c(F)c1F. The Kier molecular flexibility index (Phi) is 5.02. The van der Waals surface area contributed by atoms with Gasteiger partial charge in [0.05, 0.1) is 5.69 Å². The van der Waals surface area contributed by atoms with Gasteiger partial charge >= 0.3 is 6.18 Å². The summed E-state index contributed by atoms with van der Waals surface area (Å²) in [5.74, 6) is -11.3. The first kappa shape index (κ1) is 20.7. The number of hydrogen-bond donors (Lipinski definition) is 1. The number of aromatic nitrogens is 2. The molecule has 0 unspecified atom stereocenters. The number of rotatable bonds is 2. The number of anilines is 1. The van der Waals surface area contributed by atoms with Crippen molar-refractivity contribution in [3.63, 3.8) is 0 Å². The van der Waals surface area contributed by atoms with E-state index in [2.05, 4.69) is 5.10 Å². The van der Waals surface area contributed by atoms with Crippen LogP contribution in [0.1, 0.15) is 42.5 Å². The van der Waals surface area contributed by atoms with Gasteiger partial charge in [-0.3, -0.25) is 9.48 Å². The van der Waals surface area contributed by atoms with Crippen LogP contribution in [0.2, 0.25) is 0 Å². The Morgan fingerprint density at radius 2 is 1.48 bits per heavy atom. The number of amides is 1. The van der Waals surface area contributed by atoms with E-state index in [1.54, 1.807) is 26.1 Å². The van der Waals surface area contributed by atoms with Gasteiger partial charge in [0.1, 0.15) is 16.9 Å². The maximum Gasteiger partial charge on any atom is 0.422 e. The van der Waals surface area contributed by atoms with Gasteiger partial charge < -0.3 is 5.32 Å². The van der Waals surface area contributed by atoms with Crippen molar-refractivity contribution >= 4 is 11.6 Å². The third-order valence-electron chi connectivity index (χ3n) is 3.67. The van der Waals surface area contributed by atoms with Crippen molar-refractivity contribution in [3.8, 4) is 0 Å². The molecule has 0 fully saturated rings. The summed E-state index contributed by atoms with van der Waals surface area (Å²) in [7, 11) is 1.34. The minimum absolute atomic E-state index is 0.223. The third kappa shape index (κ3) is 3.76. The van der Waals surface area contributed by atoms with Gasteiger partial charge in [-0.2, -0.15) is 18.3 Å². The van der Waals surface area contributed by atoms with E-state index in [1.165, 1.54) is 13.1 Å². The Hall–Kier alpha value is -2.59. The molecule has 4 nitrogen and oxygen atoms in total. The first-order valence-corrected chi connectivity index (χ1v) is 7.45. The lowest BCUT2D eigenvalue weighted by Gasteiger charge is -2.14. The lowest BCUT2D eigenvalue weighted by Crippen LogP contribution is -2.21. The molecule has 1 heterocycles. The minimum Gasteiger partial charge on any atom is -0.316 e. The van der Waals surface area contributed by atoms with E-state index in [-0.39, 0.29) is 5.69 Å². The second kappa shape index (κ2) is 6.54. The first-order chi connectivity index (χ1) is 12.2. The van der Waals surface area contributed by atoms with Crippen LogP contribution in [0.15, 0.2) is 6.07 Å². The normalized spacial score (nSPS) is 12.4. The van der Waals surface area contributed by atoms with Crippen molar-refractivity contribution in [1.82, 2.24) is 9.78 Å². The Bertz CT molecular complexity index is 881. The average Bonchev–Trinajstić information content (AvgIpc) is 2.90. The largest absolute Gasteiger partial charge is 0.422 e. The van der Waals surface area contributed by atoms with E-state index < -0.39 is 52.0 Å². The van der Waals surface area contributed by atoms with Crippen molar-refractivity contribution in [2.45, 2.75) is 32.4 Å². The van der Waals surface area contributed by atoms with Crippen LogP contribution in [0, 0.1) is 23.3 Å². The molecule has 0 saturated heterocycles.